The van der Waals surface area contributed by atoms with Crippen molar-refractivity contribution >= 4 is 11.7 Å². The number of amides is 1. The Morgan fingerprint density at radius 3 is 2.12 bits per heavy atom. The van der Waals surface area contributed by atoms with Gasteiger partial charge < -0.3 is 15.4 Å². The summed E-state index contributed by atoms with van der Waals surface area (Å²) in [4.78, 5) is 22.0. The molecule has 100 valence electrons. The van der Waals surface area contributed by atoms with Crippen LogP contribution in [0.2, 0.25) is 0 Å². The first-order chi connectivity index (χ1) is 8.16. The standard InChI is InChI=1S/C13H26N2O2/c1-12(16)8-7-9-13(17)15-11-6-4-3-5-10-14-2/h14H,3-11H2,1-2H3,(H,15,17). The Bertz CT molecular complexity index is 217. The first kappa shape index (κ1) is 16.1. The van der Waals surface area contributed by atoms with Gasteiger partial charge in [-0.3, -0.25) is 4.79 Å². The summed E-state index contributed by atoms with van der Waals surface area (Å²) in [5, 5.41) is 5.99. The smallest absolute Gasteiger partial charge is 0.220 e. The predicted octanol–water partition coefficient (Wildman–Crippen LogP) is 1.64. The van der Waals surface area contributed by atoms with Gasteiger partial charge in [-0.05, 0) is 39.8 Å². The molecule has 0 radical (unpaired) electrons. The zero-order valence-electron chi connectivity index (χ0n) is 11.2. The van der Waals surface area contributed by atoms with E-state index in [1.54, 1.807) is 6.92 Å². The van der Waals surface area contributed by atoms with Crippen LogP contribution in [0.4, 0.5) is 0 Å². The highest BCUT2D eigenvalue weighted by Crippen LogP contribution is 1.99. The van der Waals surface area contributed by atoms with Gasteiger partial charge in [0.2, 0.25) is 5.91 Å². The van der Waals surface area contributed by atoms with Crippen molar-refractivity contribution in [2.24, 2.45) is 0 Å². The molecule has 2 N–H and O–H groups in total. The molecule has 0 heterocycles. The molecule has 0 aromatic carbocycles. The lowest BCUT2D eigenvalue weighted by atomic mass is 10.1. The molecular formula is C13H26N2O2. The van der Waals surface area contributed by atoms with Gasteiger partial charge in [-0.15, -0.1) is 0 Å². The van der Waals surface area contributed by atoms with E-state index in [0.29, 0.717) is 19.3 Å². The molecule has 0 aliphatic rings. The van der Waals surface area contributed by atoms with Crippen molar-refractivity contribution in [1.29, 1.82) is 0 Å². The van der Waals surface area contributed by atoms with E-state index in [1.807, 2.05) is 7.05 Å². The molecule has 0 rings (SSSR count). The van der Waals surface area contributed by atoms with Crippen LogP contribution in [0, 0.1) is 0 Å². The first-order valence-corrected chi connectivity index (χ1v) is 6.57. The van der Waals surface area contributed by atoms with Gasteiger partial charge in [-0.25, -0.2) is 0 Å². The van der Waals surface area contributed by atoms with Crippen molar-refractivity contribution in [3.8, 4) is 0 Å². The Hall–Kier alpha value is -0.900. The first-order valence-electron chi connectivity index (χ1n) is 6.57. The number of Topliss-reactive ketones (excluding diaryl/α,β-unsaturated/α-hetero) is 1. The summed E-state index contributed by atoms with van der Waals surface area (Å²) in [5.41, 5.74) is 0. The second-order valence-electron chi connectivity index (χ2n) is 4.42. The van der Waals surface area contributed by atoms with Crippen LogP contribution in [0.3, 0.4) is 0 Å². The molecule has 0 aromatic heterocycles. The number of unbranched alkanes of at least 4 members (excludes halogenated alkanes) is 3. The molecule has 4 heteroatoms. The second kappa shape index (κ2) is 11.6. The Labute approximate surface area is 105 Å². The maximum absolute atomic E-state index is 11.3. The molecular weight excluding hydrogens is 216 g/mol. The Morgan fingerprint density at radius 1 is 0.882 bits per heavy atom. The quantitative estimate of drug-likeness (QED) is 0.542. The van der Waals surface area contributed by atoms with E-state index in [0.717, 1.165) is 25.9 Å². The molecule has 0 atom stereocenters. The number of ketones is 1. The van der Waals surface area contributed by atoms with E-state index in [-0.39, 0.29) is 11.7 Å². The number of rotatable bonds is 11. The van der Waals surface area contributed by atoms with Crippen LogP contribution < -0.4 is 10.6 Å². The SMILES string of the molecule is CNCCCCCCNC(=O)CCCC(C)=O. The molecule has 4 nitrogen and oxygen atoms in total. The minimum atomic E-state index is 0.0708. The van der Waals surface area contributed by atoms with Crippen LogP contribution in [-0.2, 0) is 9.59 Å². The highest BCUT2D eigenvalue weighted by atomic mass is 16.1. The highest BCUT2D eigenvalue weighted by Gasteiger charge is 2.01. The average molecular weight is 242 g/mol. The summed E-state index contributed by atoms with van der Waals surface area (Å²) >= 11 is 0. The minimum Gasteiger partial charge on any atom is -0.356 e. The summed E-state index contributed by atoms with van der Waals surface area (Å²) < 4.78 is 0. The topological polar surface area (TPSA) is 58.2 Å². The van der Waals surface area contributed by atoms with Crippen LogP contribution in [0.1, 0.15) is 51.9 Å². The van der Waals surface area contributed by atoms with Crippen molar-refractivity contribution < 1.29 is 9.59 Å². The van der Waals surface area contributed by atoms with E-state index < -0.39 is 0 Å². The lowest BCUT2D eigenvalue weighted by Crippen LogP contribution is -2.24. The molecule has 17 heavy (non-hydrogen) atoms. The third kappa shape index (κ3) is 13.0. The molecule has 1 amide bonds. The Morgan fingerprint density at radius 2 is 1.53 bits per heavy atom. The lowest BCUT2D eigenvalue weighted by molar-refractivity contribution is -0.121. The Balaban J connectivity index is 3.19. The van der Waals surface area contributed by atoms with E-state index in [9.17, 15) is 9.59 Å². The van der Waals surface area contributed by atoms with Crippen LogP contribution in [0.25, 0.3) is 0 Å². The van der Waals surface area contributed by atoms with Gasteiger partial charge in [0.25, 0.3) is 0 Å². The van der Waals surface area contributed by atoms with Gasteiger partial charge in [0, 0.05) is 19.4 Å². The van der Waals surface area contributed by atoms with E-state index >= 15 is 0 Å². The van der Waals surface area contributed by atoms with Crippen LogP contribution in [0.15, 0.2) is 0 Å². The molecule has 0 saturated heterocycles. The van der Waals surface area contributed by atoms with Gasteiger partial charge in [-0.2, -0.15) is 0 Å². The Kier molecular flexibility index (Phi) is 11.0. The fourth-order valence-corrected chi connectivity index (χ4v) is 1.59. The maximum atomic E-state index is 11.3. The van der Waals surface area contributed by atoms with Crippen molar-refractivity contribution in [3.63, 3.8) is 0 Å². The molecule has 0 unspecified atom stereocenters. The molecule has 0 aromatic rings. The summed E-state index contributed by atoms with van der Waals surface area (Å²) in [5.74, 6) is 0.226. The molecule has 0 spiro atoms. The van der Waals surface area contributed by atoms with Gasteiger partial charge in [0.1, 0.15) is 5.78 Å². The van der Waals surface area contributed by atoms with Crippen molar-refractivity contribution in [2.75, 3.05) is 20.1 Å². The van der Waals surface area contributed by atoms with E-state index in [2.05, 4.69) is 10.6 Å². The van der Waals surface area contributed by atoms with Gasteiger partial charge >= 0.3 is 0 Å². The number of hydrogen-bond donors (Lipinski definition) is 2. The van der Waals surface area contributed by atoms with Crippen LogP contribution >= 0.6 is 0 Å². The summed E-state index contributed by atoms with van der Waals surface area (Å²) in [7, 11) is 1.96. The largest absolute Gasteiger partial charge is 0.356 e. The third-order valence-corrected chi connectivity index (χ3v) is 2.61. The highest BCUT2D eigenvalue weighted by molar-refractivity contribution is 5.78. The summed E-state index contributed by atoms with van der Waals surface area (Å²) in [6.07, 6.45) is 6.27. The van der Waals surface area contributed by atoms with Crippen LogP contribution in [-0.4, -0.2) is 31.8 Å². The predicted molar refractivity (Wildman–Crippen MR) is 69.9 cm³/mol. The lowest BCUT2D eigenvalue weighted by Gasteiger charge is -2.04. The molecule has 0 fully saturated rings. The third-order valence-electron chi connectivity index (χ3n) is 2.61. The van der Waals surface area contributed by atoms with E-state index in [4.69, 9.17) is 0 Å². The van der Waals surface area contributed by atoms with Gasteiger partial charge in [0.15, 0.2) is 0 Å². The fraction of sp³-hybridized carbons (Fsp3) is 0.846. The number of carbonyl (C=O) groups excluding carboxylic acids is 2. The van der Waals surface area contributed by atoms with Crippen LogP contribution in [0.5, 0.6) is 0 Å². The normalized spacial score (nSPS) is 10.2. The number of carbonyl (C=O) groups is 2. The number of nitrogens with one attached hydrogen (secondary N) is 2. The van der Waals surface area contributed by atoms with Gasteiger partial charge in [0.05, 0.1) is 0 Å². The maximum Gasteiger partial charge on any atom is 0.220 e. The summed E-state index contributed by atoms with van der Waals surface area (Å²) in [6, 6.07) is 0. The monoisotopic (exact) mass is 242 g/mol. The number of hydrogen-bond acceptors (Lipinski definition) is 3. The molecule has 0 aliphatic heterocycles. The van der Waals surface area contributed by atoms with Crippen molar-refractivity contribution in [2.45, 2.75) is 51.9 Å². The minimum absolute atomic E-state index is 0.0708. The second-order valence-corrected chi connectivity index (χ2v) is 4.42. The van der Waals surface area contributed by atoms with Crippen molar-refractivity contribution in [3.05, 3.63) is 0 Å². The fourth-order valence-electron chi connectivity index (χ4n) is 1.59. The van der Waals surface area contributed by atoms with E-state index in [1.165, 1.54) is 12.8 Å². The zero-order valence-corrected chi connectivity index (χ0v) is 11.2. The molecule has 0 bridgehead atoms. The average Bonchev–Trinajstić information content (AvgIpc) is 2.27. The zero-order chi connectivity index (χ0) is 12.9. The van der Waals surface area contributed by atoms with Gasteiger partial charge in [-0.1, -0.05) is 12.8 Å². The molecule has 0 aliphatic carbocycles. The van der Waals surface area contributed by atoms with Crippen molar-refractivity contribution in [1.82, 2.24) is 10.6 Å². The molecule has 0 saturated carbocycles. The summed E-state index contributed by atoms with van der Waals surface area (Å²) in [6.45, 7) is 3.39.